The molecule has 2 heterocycles. The van der Waals surface area contributed by atoms with Crippen molar-refractivity contribution in [3.63, 3.8) is 0 Å². The van der Waals surface area contributed by atoms with Gasteiger partial charge in [-0.1, -0.05) is 11.6 Å². The second kappa shape index (κ2) is 4.14. The van der Waals surface area contributed by atoms with E-state index in [-0.39, 0.29) is 0 Å². The van der Waals surface area contributed by atoms with Gasteiger partial charge in [0.15, 0.2) is 0 Å². The van der Waals surface area contributed by atoms with E-state index in [4.69, 9.17) is 11.6 Å². The van der Waals surface area contributed by atoms with E-state index in [1.807, 2.05) is 11.6 Å². The Kier molecular flexibility index (Phi) is 3.03. The maximum atomic E-state index is 6.33. The molecule has 3 nitrogen and oxygen atoms in total. The van der Waals surface area contributed by atoms with E-state index >= 15 is 0 Å². The van der Waals surface area contributed by atoms with Crippen LogP contribution in [-0.2, 0) is 0 Å². The first-order chi connectivity index (χ1) is 7.11. The highest BCUT2D eigenvalue weighted by Crippen LogP contribution is 2.31. The van der Waals surface area contributed by atoms with Crippen molar-refractivity contribution < 1.29 is 0 Å². The van der Waals surface area contributed by atoms with Crippen molar-refractivity contribution in [3.8, 4) is 0 Å². The van der Waals surface area contributed by atoms with Crippen molar-refractivity contribution in [2.45, 2.75) is 39.2 Å². The predicted octanol–water partition coefficient (Wildman–Crippen LogP) is 2.50. The molecular formula is C11H18ClN3. The lowest BCUT2D eigenvalue weighted by molar-refractivity contribution is 0.508. The molecule has 4 heteroatoms. The fraction of sp³-hybridized carbons (Fsp3) is 0.727. The van der Waals surface area contributed by atoms with Gasteiger partial charge in [0.05, 0.1) is 16.4 Å². The number of nitrogens with zero attached hydrogens (tertiary/aromatic N) is 2. The fourth-order valence-corrected chi connectivity index (χ4v) is 2.45. The summed E-state index contributed by atoms with van der Waals surface area (Å²) in [7, 11) is 0. The van der Waals surface area contributed by atoms with Crippen molar-refractivity contribution in [3.05, 3.63) is 16.4 Å². The lowest BCUT2D eigenvalue weighted by Crippen LogP contribution is -2.09. The Morgan fingerprint density at radius 3 is 2.73 bits per heavy atom. The summed E-state index contributed by atoms with van der Waals surface area (Å²) >= 11 is 6.33. The Balaban J connectivity index is 2.35. The van der Waals surface area contributed by atoms with E-state index < -0.39 is 0 Å². The number of halogens is 1. The summed E-state index contributed by atoms with van der Waals surface area (Å²) < 4.78 is 2.02. The molecule has 1 atom stereocenters. The van der Waals surface area contributed by atoms with E-state index in [2.05, 4.69) is 24.3 Å². The molecular weight excluding hydrogens is 210 g/mol. The summed E-state index contributed by atoms with van der Waals surface area (Å²) in [5, 5.41) is 8.84. The molecule has 0 radical (unpaired) electrons. The first kappa shape index (κ1) is 11.0. The van der Waals surface area contributed by atoms with Gasteiger partial charge >= 0.3 is 0 Å². The second-order valence-corrected chi connectivity index (χ2v) is 4.89. The zero-order valence-electron chi connectivity index (χ0n) is 9.55. The SMILES string of the molecule is Cc1c(Cl)c(C2CCNC2)nn1C(C)C. The van der Waals surface area contributed by atoms with Crippen LogP contribution in [0.5, 0.6) is 0 Å². The second-order valence-electron chi connectivity index (χ2n) is 4.51. The summed E-state index contributed by atoms with van der Waals surface area (Å²) in [6.45, 7) is 8.39. The van der Waals surface area contributed by atoms with E-state index in [0.717, 1.165) is 35.9 Å². The molecule has 15 heavy (non-hydrogen) atoms. The Labute approximate surface area is 95.8 Å². The summed E-state index contributed by atoms with van der Waals surface area (Å²) in [4.78, 5) is 0. The van der Waals surface area contributed by atoms with Gasteiger partial charge in [-0.15, -0.1) is 0 Å². The van der Waals surface area contributed by atoms with Crippen molar-refractivity contribution in [2.75, 3.05) is 13.1 Å². The number of aromatic nitrogens is 2. The lowest BCUT2D eigenvalue weighted by Gasteiger charge is -2.07. The van der Waals surface area contributed by atoms with Gasteiger partial charge in [-0.3, -0.25) is 4.68 Å². The quantitative estimate of drug-likeness (QED) is 0.842. The maximum absolute atomic E-state index is 6.33. The van der Waals surface area contributed by atoms with Gasteiger partial charge in [-0.25, -0.2) is 0 Å². The first-order valence-corrected chi connectivity index (χ1v) is 5.94. The summed E-state index contributed by atoms with van der Waals surface area (Å²) in [5.41, 5.74) is 2.17. The van der Waals surface area contributed by atoms with Crippen LogP contribution in [0, 0.1) is 6.92 Å². The van der Waals surface area contributed by atoms with Crippen LogP contribution in [0.1, 0.15) is 43.6 Å². The normalized spacial score (nSPS) is 21.5. The average Bonchev–Trinajstić information content (AvgIpc) is 2.77. The maximum Gasteiger partial charge on any atom is 0.0857 e. The van der Waals surface area contributed by atoms with E-state index in [0.29, 0.717) is 12.0 Å². The van der Waals surface area contributed by atoms with Crippen molar-refractivity contribution >= 4 is 11.6 Å². The van der Waals surface area contributed by atoms with Crippen LogP contribution in [0.25, 0.3) is 0 Å². The summed E-state index contributed by atoms with van der Waals surface area (Å²) in [6, 6.07) is 0.380. The van der Waals surface area contributed by atoms with E-state index in [1.54, 1.807) is 0 Å². The molecule has 1 saturated heterocycles. The Morgan fingerprint density at radius 1 is 1.53 bits per heavy atom. The lowest BCUT2D eigenvalue weighted by atomic mass is 10.1. The van der Waals surface area contributed by atoms with Gasteiger partial charge in [0.25, 0.3) is 0 Å². The van der Waals surface area contributed by atoms with Crippen LogP contribution in [0.15, 0.2) is 0 Å². The third-order valence-electron chi connectivity index (χ3n) is 3.04. The van der Waals surface area contributed by atoms with Crippen LogP contribution >= 0.6 is 11.6 Å². The minimum Gasteiger partial charge on any atom is -0.316 e. The monoisotopic (exact) mass is 227 g/mol. The number of hydrogen-bond acceptors (Lipinski definition) is 2. The topological polar surface area (TPSA) is 29.9 Å². The molecule has 0 bridgehead atoms. The first-order valence-electron chi connectivity index (χ1n) is 5.56. The number of rotatable bonds is 2. The summed E-state index contributed by atoms with van der Waals surface area (Å²) in [5.74, 6) is 0.496. The van der Waals surface area contributed by atoms with Gasteiger partial charge in [0.1, 0.15) is 0 Å². The molecule has 0 amide bonds. The minimum atomic E-state index is 0.380. The van der Waals surface area contributed by atoms with Crippen LogP contribution in [0.2, 0.25) is 5.02 Å². The minimum absolute atomic E-state index is 0.380. The Bertz CT molecular complexity index is 351. The number of nitrogens with one attached hydrogen (secondary N) is 1. The van der Waals surface area contributed by atoms with Crippen LogP contribution in [0.3, 0.4) is 0 Å². The van der Waals surface area contributed by atoms with Gasteiger partial charge in [0, 0.05) is 18.5 Å². The molecule has 0 aliphatic carbocycles. The highest BCUT2D eigenvalue weighted by Gasteiger charge is 2.24. The molecule has 0 spiro atoms. The van der Waals surface area contributed by atoms with E-state index in [1.165, 1.54) is 0 Å². The average molecular weight is 228 g/mol. The molecule has 1 aliphatic rings. The van der Waals surface area contributed by atoms with Gasteiger partial charge < -0.3 is 5.32 Å². The Morgan fingerprint density at radius 2 is 2.27 bits per heavy atom. The highest BCUT2D eigenvalue weighted by atomic mass is 35.5. The largest absolute Gasteiger partial charge is 0.316 e. The standard InChI is InChI=1S/C11H18ClN3/c1-7(2)15-8(3)10(12)11(14-15)9-4-5-13-6-9/h7,9,13H,4-6H2,1-3H3. The summed E-state index contributed by atoms with van der Waals surface area (Å²) in [6.07, 6.45) is 1.15. The predicted molar refractivity (Wildman–Crippen MR) is 62.6 cm³/mol. The molecule has 1 N–H and O–H groups in total. The molecule has 1 aromatic heterocycles. The van der Waals surface area contributed by atoms with E-state index in [9.17, 15) is 0 Å². The zero-order chi connectivity index (χ0) is 11.0. The zero-order valence-corrected chi connectivity index (χ0v) is 10.3. The fourth-order valence-electron chi connectivity index (χ4n) is 2.17. The number of hydrogen-bond donors (Lipinski definition) is 1. The third-order valence-corrected chi connectivity index (χ3v) is 3.50. The molecule has 84 valence electrons. The third kappa shape index (κ3) is 1.91. The van der Waals surface area contributed by atoms with Gasteiger partial charge in [-0.05, 0) is 33.7 Å². The molecule has 1 aliphatic heterocycles. The highest BCUT2D eigenvalue weighted by molar-refractivity contribution is 6.31. The molecule has 1 aromatic rings. The van der Waals surface area contributed by atoms with Gasteiger partial charge in [0.2, 0.25) is 0 Å². The smallest absolute Gasteiger partial charge is 0.0857 e. The van der Waals surface area contributed by atoms with Crippen LogP contribution < -0.4 is 5.32 Å². The van der Waals surface area contributed by atoms with Crippen molar-refractivity contribution in [2.24, 2.45) is 0 Å². The molecule has 1 fully saturated rings. The van der Waals surface area contributed by atoms with Crippen LogP contribution in [-0.4, -0.2) is 22.9 Å². The molecule has 1 unspecified atom stereocenters. The van der Waals surface area contributed by atoms with Crippen LogP contribution in [0.4, 0.5) is 0 Å². The van der Waals surface area contributed by atoms with Crippen molar-refractivity contribution in [1.29, 1.82) is 0 Å². The Hall–Kier alpha value is -0.540. The molecule has 0 saturated carbocycles. The van der Waals surface area contributed by atoms with Crippen molar-refractivity contribution in [1.82, 2.24) is 15.1 Å². The molecule has 2 rings (SSSR count). The van der Waals surface area contributed by atoms with Gasteiger partial charge in [-0.2, -0.15) is 5.10 Å². The molecule has 0 aromatic carbocycles.